The van der Waals surface area contributed by atoms with Crippen LogP contribution in [0.5, 0.6) is 0 Å². The fraction of sp³-hybridized carbons (Fsp3) is 0.111. The molecule has 0 saturated carbocycles. The van der Waals surface area contributed by atoms with Gasteiger partial charge in [0.1, 0.15) is 0 Å². The Bertz CT molecular complexity index is 3380. The zero-order chi connectivity index (χ0) is 79.4. The summed E-state index contributed by atoms with van der Waals surface area (Å²) in [7, 11) is 1.94. The zero-order valence-corrected chi connectivity index (χ0v) is 55.2. The maximum Gasteiger partial charge on any atom is 0.631 e. The van der Waals surface area contributed by atoms with E-state index in [1.807, 2.05) is 0 Å². The highest BCUT2D eigenvalue weighted by Gasteiger charge is 2.39. The quantitative estimate of drug-likeness (QED) is 0.0712. The summed E-state index contributed by atoms with van der Waals surface area (Å²) in [6.45, 7) is 6.56. The third kappa shape index (κ3) is 18.4. The standard InChI is InChI=1S/4C12F10.3C2H8Si.BH3O3/c4*13-3-1(4(14)8(18)11(21)7(3)17)2-5(15)9(19)12(22)10(20)6(2)16;3*1-2-3;2-1(3)4/h;;;;3*2H2,1,3H3;2-4H. The summed E-state index contributed by atoms with van der Waals surface area (Å²) in [4.78, 5) is 0. The maximum atomic E-state index is 13.4. The van der Waals surface area contributed by atoms with Crippen LogP contribution < -0.4 is 0 Å². The molecule has 0 unspecified atom stereocenters. The van der Waals surface area contributed by atoms with Crippen molar-refractivity contribution in [2.24, 2.45) is 0 Å². The molecular weight excluding hydrogens is 1550 g/mol. The molecule has 0 spiro atoms. The van der Waals surface area contributed by atoms with Crippen LogP contribution >= 0.6 is 0 Å². The Morgan fingerprint density at radius 2 is 0.178 bits per heavy atom. The molecule has 0 bridgehead atoms. The number of rotatable bonds is 4. The van der Waals surface area contributed by atoms with Crippen molar-refractivity contribution in [1.82, 2.24) is 0 Å². The van der Waals surface area contributed by atoms with Crippen LogP contribution in [0.4, 0.5) is 176 Å². The summed E-state index contributed by atoms with van der Waals surface area (Å²) in [5, 5.41) is 21.5. The zero-order valence-electron chi connectivity index (χ0n) is 49.2. The van der Waals surface area contributed by atoms with Gasteiger partial charge in [0.25, 0.3) is 0 Å². The molecule has 3 nitrogen and oxygen atoms in total. The summed E-state index contributed by atoms with van der Waals surface area (Å²) in [5.41, 5.74) is -18.1. The summed E-state index contributed by atoms with van der Waals surface area (Å²) < 4.78 is 525. The van der Waals surface area contributed by atoms with Crippen LogP contribution in [0.25, 0.3) is 44.5 Å². The number of hydrogen-bond donors (Lipinski definition) is 3. The van der Waals surface area contributed by atoms with Crippen LogP contribution in [0.2, 0.25) is 18.1 Å². The Morgan fingerprint density at radius 1 is 0.149 bits per heavy atom. The third-order valence-electron chi connectivity index (χ3n) is 10.7. The van der Waals surface area contributed by atoms with Gasteiger partial charge in [0.2, 0.25) is 46.5 Å². The van der Waals surface area contributed by atoms with E-state index in [0.29, 0.717) is 0 Å². The van der Waals surface area contributed by atoms with E-state index in [-0.39, 0.29) is 0 Å². The highest BCUT2D eigenvalue weighted by atomic mass is 28.2. The molecule has 0 saturated heterocycles. The van der Waals surface area contributed by atoms with E-state index < -0.39 is 285 Å². The van der Waals surface area contributed by atoms with E-state index in [0.717, 1.165) is 0 Å². The lowest BCUT2D eigenvalue weighted by Crippen LogP contribution is -2.10. The lowest BCUT2D eigenvalue weighted by molar-refractivity contribution is 0.278. The van der Waals surface area contributed by atoms with Crippen molar-refractivity contribution in [2.45, 2.75) is 38.9 Å². The number of hydrogen-bond acceptors (Lipinski definition) is 3. The number of benzene rings is 8. The summed E-state index contributed by atoms with van der Waals surface area (Å²) in [6.07, 6.45) is 0. The van der Waals surface area contributed by atoms with Gasteiger partial charge in [-0.15, -0.1) is 0 Å². The van der Waals surface area contributed by atoms with Crippen LogP contribution in [0.3, 0.4) is 0 Å². The Balaban J connectivity index is 0.000000635. The molecule has 8 aromatic rings. The van der Waals surface area contributed by atoms with Gasteiger partial charge in [0, 0.05) is 30.7 Å². The predicted octanol–water partition coefficient (Wildman–Crippen LogP) is 16.3. The van der Waals surface area contributed by atoms with Gasteiger partial charge < -0.3 is 15.1 Å². The molecule has 0 heterocycles. The highest BCUT2D eigenvalue weighted by Crippen LogP contribution is 2.42. The van der Waals surface area contributed by atoms with Crippen molar-refractivity contribution in [2.75, 3.05) is 0 Å². The molecule has 0 aliphatic rings. The first-order valence-electron chi connectivity index (χ1n) is 25.6. The Labute approximate surface area is 544 Å². The van der Waals surface area contributed by atoms with Gasteiger partial charge in [0.15, 0.2) is 186 Å². The van der Waals surface area contributed by atoms with Crippen LogP contribution in [0.1, 0.15) is 20.8 Å². The molecule has 47 heteroatoms. The van der Waals surface area contributed by atoms with Crippen LogP contribution in [-0.4, -0.2) is 53.1 Å². The molecule has 0 amide bonds. The first kappa shape index (κ1) is 90.6. The van der Waals surface area contributed by atoms with Crippen LogP contribution in [0, 0.1) is 233 Å². The second-order valence-corrected chi connectivity index (χ2v) is 22.3. The summed E-state index contributed by atoms with van der Waals surface area (Å²) in [6, 6.07) is 4.17. The van der Waals surface area contributed by atoms with Gasteiger partial charge in [0.05, 0.1) is 44.5 Å². The SMILES string of the molecule is CC[SiH3].CC[SiH3].CC[SiH3].Fc1c(F)c(F)c(-c2c(F)c(F)c(F)c(F)c2F)c(F)c1F.Fc1c(F)c(F)c(-c2c(F)c(F)c(F)c(F)c2F)c(F)c1F.Fc1c(F)c(F)c(-c2c(F)c(F)c(F)c(F)c2F)c(F)c1F.Fc1c(F)c(F)c(-c2c(F)c(F)c(F)c(F)c2F)c(F)c1F.OB(O)O. The Morgan fingerprint density at radius 3 is 0.218 bits per heavy atom. The topological polar surface area (TPSA) is 60.7 Å². The lowest BCUT2D eigenvalue weighted by atomic mass is 10.0. The van der Waals surface area contributed by atoms with Gasteiger partial charge in [-0.1, -0.05) is 38.9 Å². The van der Waals surface area contributed by atoms with E-state index in [9.17, 15) is 176 Å². The molecule has 0 aliphatic heterocycles. The molecular formula is C54H27BF40O3Si3. The van der Waals surface area contributed by atoms with Crippen molar-refractivity contribution >= 4 is 38.0 Å². The molecule has 0 radical (unpaired) electrons. The third-order valence-corrected chi connectivity index (χ3v) is 10.7. The fourth-order valence-corrected chi connectivity index (χ4v) is 6.60. The molecule has 0 aromatic heterocycles. The lowest BCUT2D eigenvalue weighted by Gasteiger charge is -2.11. The van der Waals surface area contributed by atoms with Crippen molar-refractivity contribution in [1.29, 1.82) is 0 Å². The van der Waals surface area contributed by atoms with Crippen molar-refractivity contribution in [3.63, 3.8) is 0 Å². The predicted molar refractivity (Wildman–Crippen MR) is 280 cm³/mol. The highest BCUT2D eigenvalue weighted by molar-refractivity contribution is 6.30. The van der Waals surface area contributed by atoms with Gasteiger partial charge in [-0.25, -0.2) is 176 Å². The van der Waals surface area contributed by atoms with Gasteiger partial charge >= 0.3 is 7.32 Å². The minimum Gasteiger partial charge on any atom is -0.402 e. The molecule has 3 N–H and O–H groups in total. The first-order valence-corrected chi connectivity index (χ1v) is 29.8. The van der Waals surface area contributed by atoms with E-state index >= 15 is 0 Å². The normalized spacial score (nSPS) is 10.6. The smallest absolute Gasteiger partial charge is 0.402 e. The number of halogens is 40. The molecule has 556 valence electrons. The average Bonchev–Trinajstić information content (AvgIpc) is 0.772. The van der Waals surface area contributed by atoms with Crippen LogP contribution in [0.15, 0.2) is 0 Å². The largest absolute Gasteiger partial charge is 0.631 e. The Kier molecular flexibility index (Phi) is 33.6. The van der Waals surface area contributed by atoms with E-state index in [4.69, 9.17) is 15.1 Å². The summed E-state index contributed by atoms with van der Waals surface area (Å²) >= 11 is 0. The first-order chi connectivity index (χ1) is 46.4. The fourth-order valence-electron chi connectivity index (χ4n) is 6.60. The average molecular weight is 1580 g/mol. The van der Waals surface area contributed by atoms with E-state index in [2.05, 4.69) is 20.8 Å². The molecule has 8 rings (SSSR count). The van der Waals surface area contributed by atoms with E-state index in [1.165, 1.54) is 48.9 Å². The van der Waals surface area contributed by atoms with Crippen LogP contribution in [-0.2, 0) is 0 Å². The van der Waals surface area contributed by atoms with Crippen molar-refractivity contribution < 1.29 is 191 Å². The van der Waals surface area contributed by atoms with Crippen molar-refractivity contribution in [3.8, 4) is 44.5 Å². The second-order valence-electron chi connectivity index (χ2n) is 18.0. The molecule has 8 aromatic carbocycles. The molecule has 101 heavy (non-hydrogen) atoms. The molecule has 0 fully saturated rings. The summed E-state index contributed by atoms with van der Waals surface area (Å²) in [5.74, 6) is -107. The van der Waals surface area contributed by atoms with Gasteiger partial charge in [-0.2, -0.15) is 0 Å². The van der Waals surface area contributed by atoms with E-state index in [1.54, 1.807) is 0 Å². The minimum absolute atomic E-state index is 1.37. The maximum absolute atomic E-state index is 13.4. The van der Waals surface area contributed by atoms with Gasteiger partial charge in [-0.05, 0) is 0 Å². The monoisotopic (exact) mass is 1580 g/mol. The molecule has 0 atom stereocenters. The van der Waals surface area contributed by atoms with Gasteiger partial charge in [-0.3, -0.25) is 0 Å². The molecule has 0 aliphatic carbocycles. The van der Waals surface area contributed by atoms with Crippen molar-refractivity contribution in [3.05, 3.63) is 233 Å². The minimum atomic E-state index is -2.68. The second kappa shape index (κ2) is 37.5. The Hall–Kier alpha value is -8.44.